The second kappa shape index (κ2) is 8.71. The Balaban J connectivity index is 0. The van der Waals surface area contributed by atoms with E-state index in [0.29, 0.717) is 0 Å². The normalized spacial score (nSPS) is 14.2. The van der Waals surface area contributed by atoms with E-state index in [1.54, 1.807) is 3.88 Å². The van der Waals surface area contributed by atoms with Gasteiger partial charge in [-0.3, -0.25) is 0 Å². The van der Waals surface area contributed by atoms with Crippen LogP contribution in [-0.4, -0.2) is 5.75 Å². The minimum absolute atomic E-state index is 0. The van der Waals surface area contributed by atoms with Crippen LogP contribution < -0.4 is 24.8 Å². The van der Waals surface area contributed by atoms with E-state index >= 15 is 0 Å². The monoisotopic (exact) mass is 257 g/mol. The van der Waals surface area contributed by atoms with Crippen molar-refractivity contribution in [3.8, 4) is 0 Å². The summed E-state index contributed by atoms with van der Waals surface area (Å²) in [6, 6.07) is 0. The molecule has 1 aliphatic rings. The molecule has 0 aromatic heterocycles. The van der Waals surface area contributed by atoms with Crippen molar-refractivity contribution in [1.29, 1.82) is 0 Å². The first-order valence-electron chi connectivity index (χ1n) is 3.58. The number of hydrogen-bond acceptors (Lipinski definition) is 1. The number of halogens is 2. The van der Waals surface area contributed by atoms with Crippen molar-refractivity contribution >= 4 is 11.8 Å². The Kier molecular flexibility index (Phi) is 11.3. The second-order valence-corrected chi connectivity index (χ2v) is 4.38. The van der Waals surface area contributed by atoms with Crippen molar-refractivity contribution in [1.82, 2.24) is 0 Å². The van der Waals surface area contributed by atoms with Gasteiger partial charge in [0.15, 0.2) is 0 Å². The van der Waals surface area contributed by atoms with Crippen LogP contribution in [0.25, 0.3) is 0 Å². The molecule has 0 amide bonds. The van der Waals surface area contributed by atoms with Gasteiger partial charge in [0.1, 0.15) is 0 Å². The van der Waals surface area contributed by atoms with Crippen LogP contribution in [0.1, 0.15) is 19.8 Å². The minimum atomic E-state index is 0. The Hall–Kier alpha value is 1.12. The van der Waals surface area contributed by atoms with Gasteiger partial charge in [0, 0.05) is 0 Å². The van der Waals surface area contributed by atoms with Crippen LogP contribution in [0.2, 0.25) is 0 Å². The van der Waals surface area contributed by atoms with Gasteiger partial charge in [0.25, 0.3) is 0 Å². The van der Waals surface area contributed by atoms with Crippen molar-refractivity contribution in [3.63, 3.8) is 0 Å². The van der Waals surface area contributed by atoms with Crippen LogP contribution in [0.15, 0.2) is 20.9 Å². The van der Waals surface area contributed by atoms with Gasteiger partial charge < -0.3 is 24.8 Å². The number of allylic oxidation sites excluding steroid dienone is 3. The molecule has 0 aliphatic heterocycles. The van der Waals surface area contributed by atoms with Crippen LogP contribution in [0.3, 0.4) is 0 Å². The van der Waals surface area contributed by atoms with Crippen molar-refractivity contribution in [2.45, 2.75) is 19.8 Å². The fraction of sp³-hybridized carbons (Fsp3) is 0.500. The summed E-state index contributed by atoms with van der Waals surface area (Å²) in [5.41, 5.74) is 0. The molecule has 0 spiro atoms. The van der Waals surface area contributed by atoms with Crippen LogP contribution in [-0.2, 0) is 20.4 Å². The van der Waals surface area contributed by atoms with Gasteiger partial charge in [0.2, 0.25) is 0 Å². The molecule has 0 nitrogen and oxygen atoms in total. The molecule has 0 atom stereocenters. The number of rotatable bonds is 3. The quantitative estimate of drug-likeness (QED) is 0.482. The van der Waals surface area contributed by atoms with E-state index in [1.807, 2.05) is 11.8 Å². The van der Waals surface area contributed by atoms with Crippen LogP contribution in [0, 0.1) is 0 Å². The fourth-order valence-electron chi connectivity index (χ4n) is 0.832. The first-order chi connectivity index (χ1) is 4.84. The molecular weight excluding hydrogens is 247 g/mol. The summed E-state index contributed by atoms with van der Waals surface area (Å²) < 4.78 is 1.54. The molecular formula is C8H11Cl2STi. The molecule has 4 heteroatoms. The molecule has 0 saturated heterocycles. The minimum Gasteiger partial charge on any atom is -1.00 e. The predicted octanol–water partition coefficient (Wildman–Crippen LogP) is -3.14. The Morgan fingerprint density at radius 1 is 1.50 bits per heavy atom. The second-order valence-electron chi connectivity index (χ2n) is 2.30. The maximum absolute atomic E-state index is 2.25. The van der Waals surface area contributed by atoms with Gasteiger partial charge in [-0.25, -0.2) is 0 Å². The Bertz CT molecular complexity index is 178. The van der Waals surface area contributed by atoms with Gasteiger partial charge in [-0.1, -0.05) is 0 Å². The molecule has 1 rings (SSSR count). The fourth-order valence-corrected chi connectivity index (χ4v) is 2.36. The molecule has 0 fully saturated rings. The molecule has 12 heavy (non-hydrogen) atoms. The largest absolute Gasteiger partial charge is 1.00 e. The topological polar surface area (TPSA) is 0 Å². The third-order valence-electron chi connectivity index (χ3n) is 1.35. The summed E-state index contributed by atoms with van der Waals surface area (Å²) >= 11 is 4.21. The summed E-state index contributed by atoms with van der Waals surface area (Å²) in [4.78, 5) is 1.50. The van der Waals surface area contributed by atoms with Gasteiger partial charge in [-0.05, 0) is 0 Å². The molecule has 0 aromatic rings. The van der Waals surface area contributed by atoms with E-state index in [2.05, 4.69) is 39.5 Å². The first-order valence-corrected chi connectivity index (χ1v) is 5.35. The van der Waals surface area contributed by atoms with E-state index in [9.17, 15) is 0 Å². The zero-order chi connectivity index (χ0) is 7.40. The van der Waals surface area contributed by atoms with Crippen molar-refractivity contribution < 1.29 is 45.2 Å². The van der Waals surface area contributed by atoms with E-state index in [1.165, 1.54) is 23.5 Å². The molecule has 0 heterocycles. The summed E-state index contributed by atoms with van der Waals surface area (Å²) in [6.45, 7) is 2.22. The molecule has 0 bridgehead atoms. The third kappa shape index (κ3) is 4.98. The van der Waals surface area contributed by atoms with Crippen LogP contribution in [0.5, 0.6) is 0 Å². The van der Waals surface area contributed by atoms with E-state index in [4.69, 9.17) is 0 Å². The molecule has 0 saturated carbocycles. The summed E-state index contributed by atoms with van der Waals surface area (Å²) in [5, 5.41) is 0. The predicted molar refractivity (Wildman–Crippen MR) is 43.5 cm³/mol. The maximum atomic E-state index is 2.25. The average Bonchev–Trinajstić information content (AvgIpc) is 2.31. The summed E-state index contributed by atoms with van der Waals surface area (Å²) in [5.74, 6) is 1.26. The molecule has 0 radical (unpaired) electrons. The third-order valence-corrected chi connectivity index (χ3v) is 3.68. The Morgan fingerprint density at radius 2 is 2.17 bits per heavy atom. The zero-order valence-electron chi connectivity index (χ0n) is 6.94. The molecule has 0 unspecified atom stereocenters. The molecule has 0 aromatic carbocycles. The Morgan fingerprint density at radius 3 is 2.58 bits per heavy atom. The maximum Gasteiger partial charge on any atom is -1.00 e. The Labute approximate surface area is 103 Å². The van der Waals surface area contributed by atoms with Crippen molar-refractivity contribution in [3.05, 3.63) is 20.9 Å². The summed E-state index contributed by atoms with van der Waals surface area (Å²) in [6.07, 6.45) is 6.93. The van der Waals surface area contributed by atoms with E-state index in [0.717, 1.165) is 0 Å². The smallest absolute Gasteiger partial charge is 1.00 e. The van der Waals surface area contributed by atoms with Crippen molar-refractivity contribution in [2.75, 3.05) is 5.75 Å². The van der Waals surface area contributed by atoms with Crippen molar-refractivity contribution in [2.24, 2.45) is 0 Å². The molecule has 0 N–H and O–H groups in total. The van der Waals surface area contributed by atoms with Gasteiger partial charge >= 0.3 is 78.7 Å². The molecule has 1 aliphatic carbocycles. The number of hydrogen-bond donors (Lipinski definition) is 0. The van der Waals surface area contributed by atoms with Gasteiger partial charge in [0.05, 0.1) is 0 Å². The van der Waals surface area contributed by atoms with Gasteiger partial charge in [-0.2, -0.15) is 0 Å². The van der Waals surface area contributed by atoms with Crippen LogP contribution >= 0.6 is 11.8 Å². The zero-order valence-corrected chi connectivity index (χ0v) is 10.8. The summed E-state index contributed by atoms with van der Waals surface area (Å²) in [7, 11) is 0. The van der Waals surface area contributed by atoms with E-state index < -0.39 is 0 Å². The average molecular weight is 258 g/mol. The SMILES string of the molecule is CCCSC1=[C]([Ti+2])CC=C1.[Cl-].[Cl-]. The van der Waals surface area contributed by atoms with Gasteiger partial charge in [-0.15, -0.1) is 0 Å². The molecule has 67 valence electrons. The van der Waals surface area contributed by atoms with Crippen LogP contribution in [0.4, 0.5) is 0 Å². The standard InChI is InChI=1S/C8H11S.2ClH.Ti/c1-2-7-9-8-5-3-4-6-8;;;/h3,5H,2,4,7H2,1H3;2*1H;/q;;;+2/p-2. The first kappa shape index (κ1) is 15.6. The van der Waals surface area contributed by atoms with E-state index in [-0.39, 0.29) is 24.8 Å². The number of thioether (sulfide) groups is 1.